The molecule has 8 heteroatoms. The highest BCUT2D eigenvalue weighted by Gasteiger charge is 2.56. The average molecular weight is 512 g/mol. The Morgan fingerprint density at radius 1 is 1.00 bits per heavy atom. The highest BCUT2D eigenvalue weighted by molar-refractivity contribution is 6.23. The van der Waals surface area contributed by atoms with E-state index >= 15 is 0 Å². The molecule has 6 rings (SSSR count). The van der Waals surface area contributed by atoms with Crippen molar-refractivity contribution in [2.75, 3.05) is 0 Å². The van der Waals surface area contributed by atoms with E-state index in [4.69, 9.17) is 4.74 Å². The normalized spacial score (nSPS) is 26.5. The van der Waals surface area contributed by atoms with Gasteiger partial charge in [0.2, 0.25) is 0 Å². The second-order valence-electron chi connectivity index (χ2n) is 10.2. The molecule has 0 bridgehead atoms. The summed E-state index contributed by atoms with van der Waals surface area (Å²) in [4.78, 5) is 51.9. The number of nitrogens with zero attached hydrogens (tertiary/aromatic N) is 1. The smallest absolute Gasteiger partial charge is 0.257 e. The van der Waals surface area contributed by atoms with E-state index in [1.165, 1.54) is 12.1 Å². The van der Waals surface area contributed by atoms with E-state index in [0.717, 1.165) is 5.56 Å². The molecule has 0 radical (unpaired) electrons. The summed E-state index contributed by atoms with van der Waals surface area (Å²) in [5.74, 6) is -4.54. The number of amides is 2. The van der Waals surface area contributed by atoms with Gasteiger partial charge in [-0.1, -0.05) is 48.0 Å². The number of Topliss-reactive ketones (excluding diaryl/α,β-unsaturated/α-hetero) is 1. The summed E-state index contributed by atoms with van der Waals surface area (Å²) < 4.78 is 5.84. The van der Waals surface area contributed by atoms with Gasteiger partial charge >= 0.3 is 0 Å². The summed E-state index contributed by atoms with van der Waals surface area (Å²) in [5.41, 5.74) is 2.95. The summed E-state index contributed by atoms with van der Waals surface area (Å²) in [6.07, 6.45) is 3.47. The Bertz CT molecular complexity index is 1500. The molecular formula is C30H25NO7. The Kier molecular flexibility index (Phi) is 5.65. The van der Waals surface area contributed by atoms with Crippen LogP contribution in [-0.2, 0) is 25.8 Å². The number of phenols is 1. The first-order valence-corrected chi connectivity index (χ1v) is 12.5. The van der Waals surface area contributed by atoms with Crippen molar-refractivity contribution >= 4 is 23.4 Å². The number of ketones is 2. The fraction of sp³-hybridized carbons (Fsp3) is 0.267. The summed E-state index contributed by atoms with van der Waals surface area (Å²) in [7, 11) is 0. The summed E-state index contributed by atoms with van der Waals surface area (Å²) in [6.45, 7) is 1.88. The number of allylic oxidation sites excluding steroid dienone is 6. The molecule has 192 valence electrons. The number of rotatable bonds is 4. The van der Waals surface area contributed by atoms with Crippen molar-refractivity contribution in [2.45, 2.75) is 32.3 Å². The first kappa shape index (κ1) is 24.1. The van der Waals surface area contributed by atoms with Crippen molar-refractivity contribution in [1.29, 1.82) is 0 Å². The molecule has 0 aromatic heterocycles. The lowest BCUT2D eigenvalue weighted by atomic mass is 9.59. The first-order chi connectivity index (χ1) is 18.3. The van der Waals surface area contributed by atoms with Crippen LogP contribution in [0.2, 0.25) is 0 Å². The number of hydrogen-bond acceptors (Lipinski definition) is 7. The minimum absolute atomic E-state index is 0.111. The van der Waals surface area contributed by atoms with Crippen LogP contribution in [0, 0.1) is 17.8 Å². The molecule has 2 aromatic rings. The van der Waals surface area contributed by atoms with Crippen molar-refractivity contribution in [3.05, 3.63) is 94.1 Å². The maximum absolute atomic E-state index is 13.3. The third-order valence-electron chi connectivity index (χ3n) is 8.10. The number of hydroxylamine groups is 2. The maximum atomic E-state index is 13.3. The first-order valence-electron chi connectivity index (χ1n) is 12.5. The zero-order valence-corrected chi connectivity index (χ0v) is 20.6. The van der Waals surface area contributed by atoms with Gasteiger partial charge in [0.25, 0.3) is 11.8 Å². The van der Waals surface area contributed by atoms with Crippen molar-refractivity contribution in [3.8, 4) is 11.5 Å². The number of hydrogen-bond donors (Lipinski definition) is 2. The van der Waals surface area contributed by atoms with Crippen LogP contribution in [0.5, 0.6) is 11.5 Å². The van der Waals surface area contributed by atoms with E-state index in [9.17, 15) is 29.5 Å². The molecule has 8 nitrogen and oxygen atoms in total. The zero-order chi connectivity index (χ0) is 26.7. The second-order valence-corrected chi connectivity index (χ2v) is 10.2. The van der Waals surface area contributed by atoms with Crippen LogP contribution in [0.1, 0.15) is 36.8 Å². The Labute approximate surface area is 218 Å². The Balaban J connectivity index is 1.42. The molecule has 0 saturated carbocycles. The summed E-state index contributed by atoms with van der Waals surface area (Å²) in [5, 5.41) is 21.4. The van der Waals surface area contributed by atoms with Crippen LogP contribution in [0.25, 0.3) is 0 Å². The van der Waals surface area contributed by atoms with Gasteiger partial charge in [-0.15, -0.1) is 0 Å². The number of imide groups is 1. The fourth-order valence-electron chi connectivity index (χ4n) is 6.32. The Morgan fingerprint density at radius 3 is 2.50 bits per heavy atom. The van der Waals surface area contributed by atoms with E-state index in [2.05, 4.69) is 0 Å². The van der Waals surface area contributed by atoms with Crippen LogP contribution in [0.15, 0.2) is 83.0 Å². The molecule has 2 N–H and O–H groups in total. The number of ether oxygens (including phenoxy) is 1. The summed E-state index contributed by atoms with van der Waals surface area (Å²) >= 11 is 0. The van der Waals surface area contributed by atoms with Gasteiger partial charge < -0.3 is 9.84 Å². The molecule has 4 unspecified atom stereocenters. The van der Waals surface area contributed by atoms with Crippen molar-refractivity contribution < 1.29 is 34.2 Å². The van der Waals surface area contributed by atoms with Crippen LogP contribution >= 0.6 is 0 Å². The van der Waals surface area contributed by atoms with E-state index in [1.54, 1.807) is 19.1 Å². The average Bonchev–Trinajstić information content (AvgIpc) is 3.14. The summed E-state index contributed by atoms with van der Waals surface area (Å²) in [6, 6.07) is 14.4. The van der Waals surface area contributed by atoms with E-state index < -0.39 is 35.5 Å². The van der Waals surface area contributed by atoms with E-state index in [1.807, 2.05) is 36.4 Å². The second kappa shape index (κ2) is 8.92. The minimum Gasteiger partial charge on any atom is -0.507 e. The number of fused-ring (bicyclic) bond motifs is 3. The van der Waals surface area contributed by atoms with Gasteiger partial charge in [-0.3, -0.25) is 24.4 Å². The van der Waals surface area contributed by atoms with Crippen molar-refractivity contribution in [1.82, 2.24) is 5.06 Å². The van der Waals surface area contributed by atoms with Gasteiger partial charge in [0, 0.05) is 34.3 Å². The molecule has 1 fully saturated rings. The molecule has 1 saturated heterocycles. The molecule has 2 amide bonds. The van der Waals surface area contributed by atoms with Crippen LogP contribution < -0.4 is 4.74 Å². The number of benzene rings is 2. The minimum atomic E-state index is -0.839. The van der Waals surface area contributed by atoms with Crippen molar-refractivity contribution in [2.24, 2.45) is 17.8 Å². The van der Waals surface area contributed by atoms with Gasteiger partial charge in [0.05, 0.1) is 11.8 Å². The largest absolute Gasteiger partial charge is 0.507 e. The van der Waals surface area contributed by atoms with Gasteiger partial charge in [-0.05, 0) is 43.4 Å². The van der Waals surface area contributed by atoms with E-state index in [0.29, 0.717) is 34.6 Å². The highest BCUT2D eigenvalue weighted by atomic mass is 16.5. The lowest BCUT2D eigenvalue weighted by molar-refractivity contribution is -0.173. The topological polar surface area (TPSA) is 121 Å². The molecule has 2 aromatic carbocycles. The Morgan fingerprint density at radius 2 is 1.76 bits per heavy atom. The third-order valence-corrected chi connectivity index (χ3v) is 8.10. The molecule has 0 spiro atoms. The lowest BCUT2D eigenvalue weighted by Gasteiger charge is -2.42. The molecule has 38 heavy (non-hydrogen) atoms. The maximum Gasteiger partial charge on any atom is 0.257 e. The highest BCUT2D eigenvalue weighted by Crippen LogP contribution is 2.56. The SMILES string of the molecule is CC1=CC(=O)C2=C(CC3C(=CCC4C(=O)N(O)C(=O)C43)C2c2ccc(OCc3ccccc3)cc2O)C1=O. The zero-order valence-electron chi connectivity index (χ0n) is 20.6. The van der Waals surface area contributed by atoms with E-state index in [-0.39, 0.29) is 40.8 Å². The predicted octanol–water partition coefficient (Wildman–Crippen LogP) is 3.79. The lowest BCUT2D eigenvalue weighted by Crippen LogP contribution is -2.39. The number of aromatic hydroxyl groups is 1. The molecule has 4 aliphatic rings. The van der Waals surface area contributed by atoms with Gasteiger partial charge in [0.15, 0.2) is 11.6 Å². The van der Waals surface area contributed by atoms with Crippen LogP contribution in [0.4, 0.5) is 0 Å². The standard InChI is InChI=1S/C30H25NO7/c1-15-11-24(33)27-22(28(15)34)13-21-18(9-10-20-26(21)30(36)31(37)29(20)35)25(27)19-8-7-17(12-23(19)32)38-14-16-5-3-2-4-6-16/h2-9,11-12,20-21,25-26,32,37H,10,13-14H2,1H3. The monoisotopic (exact) mass is 511 g/mol. The quantitative estimate of drug-likeness (QED) is 0.277. The number of carbonyl (C=O) groups is 4. The molecular weight excluding hydrogens is 486 g/mol. The van der Waals surface area contributed by atoms with Crippen LogP contribution in [-0.4, -0.2) is 38.8 Å². The molecule has 4 atom stereocenters. The Hall–Kier alpha value is -4.30. The predicted molar refractivity (Wildman–Crippen MR) is 134 cm³/mol. The van der Waals surface area contributed by atoms with Gasteiger partial charge in [-0.25, -0.2) is 0 Å². The van der Waals surface area contributed by atoms with Crippen molar-refractivity contribution in [3.63, 3.8) is 0 Å². The fourth-order valence-corrected chi connectivity index (χ4v) is 6.32. The third kappa shape index (κ3) is 3.63. The van der Waals surface area contributed by atoms with Gasteiger partial charge in [0.1, 0.15) is 18.1 Å². The molecule has 3 aliphatic carbocycles. The number of phenolic OH excluding ortho intramolecular Hbond substituents is 1. The van der Waals surface area contributed by atoms with Gasteiger partial charge in [-0.2, -0.15) is 5.06 Å². The molecule has 1 aliphatic heterocycles. The van der Waals surface area contributed by atoms with Crippen LogP contribution in [0.3, 0.4) is 0 Å². The number of carbonyl (C=O) groups excluding carboxylic acids is 4. The molecule has 1 heterocycles.